The molecule has 12 heteroatoms. The minimum atomic E-state index is -1.61. The van der Waals surface area contributed by atoms with Gasteiger partial charge in [0.25, 0.3) is 0 Å². The van der Waals surface area contributed by atoms with Crippen molar-refractivity contribution in [3.8, 4) is 0 Å². The van der Waals surface area contributed by atoms with Crippen LogP contribution in [-0.4, -0.2) is 130 Å². The number of hydrogen-bond donors (Lipinski definition) is 7. The van der Waals surface area contributed by atoms with Gasteiger partial charge in [0.1, 0.15) is 48.8 Å². The average Bonchev–Trinajstić information content (AvgIpc) is 2.64. The third-order valence-corrected chi connectivity index (χ3v) is 4.65. The van der Waals surface area contributed by atoms with Crippen LogP contribution in [0.3, 0.4) is 0 Å². The Bertz CT molecular complexity index is 439. The van der Waals surface area contributed by atoms with Crippen LogP contribution in [0.25, 0.3) is 0 Å². The van der Waals surface area contributed by atoms with E-state index in [-0.39, 0.29) is 6.54 Å². The Kier molecular flexibility index (Phi) is 7.67. The molecule has 2 rings (SSSR count). The number of rotatable bonds is 6. The first-order valence-electron chi connectivity index (χ1n) is 8.10. The number of hydrogen-bond acceptors (Lipinski definition) is 12. The van der Waals surface area contributed by atoms with Gasteiger partial charge in [-0.15, -0.1) is 0 Å². The van der Waals surface area contributed by atoms with Crippen molar-refractivity contribution in [3.05, 3.63) is 0 Å². The molecule has 0 saturated carbocycles. The summed E-state index contributed by atoms with van der Waals surface area (Å²) in [4.78, 5) is 5.12. The first-order valence-corrected chi connectivity index (χ1v) is 8.10. The molecule has 1 unspecified atom stereocenters. The molecular formula is C14H27NO11. The van der Waals surface area contributed by atoms with Crippen molar-refractivity contribution < 1.29 is 54.8 Å². The van der Waals surface area contributed by atoms with E-state index in [4.69, 9.17) is 19.0 Å². The topological polar surface area (TPSA) is 182 Å². The van der Waals surface area contributed by atoms with E-state index in [2.05, 4.69) is 0 Å². The zero-order chi connectivity index (χ0) is 19.6. The van der Waals surface area contributed by atoms with Gasteiger partial charge in [-0.25, -0.2) is 0 Å². The fourth-order valence-electron chi connectivity index (χ4n) is 3.04. The standard InChI is InChI=1S/C14H27NO11/c1-23-14-12(22)10(20)7(17)5(26-14)3-15(24-2)13-11(21)9(19)8(18)6(4-16)25-13/h5-14,16-22H,3-4H2,1-2H3/t5-,6-,7-,8-,9+,10+,11-,12-,13?,14+/m1/s1. The van der Waals surface area contributed by atoms with E-state index in [1.54, 1.807) is 0 Å². The molecule has 0 bridgehead atoms. The smallest absolute Gasteiger partial charge is 0.186 e. The monoisotopic (exact) mass is 385 g/mol. The summed E-state index contributed by atoms with van der Waals surface area (Å²) in [6.07, 6.45) is -14.0. The van der Waals surface area contributed by atoms with Crippen molar-refractivity contribution in [3.63, 3.8) is 0 Å². The number of aliphatic hydroxyl groups is 7. The normalized spacial score (nSPS) is 47.3. The highest BCUT2D eigenvalue weighted by Crippen LogP contribution is 2.27. The molecule has 2 aliphatic heterocycles. The van der Waals surface area contributed by atoms with Gasteiger partial charge in [-0.1, -0.05) is 0 Å². The number of ether oxygens (including phenoxy) is 3. The van der Waals surface area contributed by atoms with Gasteiger partial charge < -0.3 is 50.0 Å². The second kappa shape index (κ2) is 9.14. The van der Waals surface area contributed by atoms with E-state index in [1.165, 1.54) is 14.2 Å². The second-order valence-electron chi connectivity index (χ2n) is 6.25. The highest BCUT2D eigenvalue weighted by Gasteiger charge is 2.49. The zero-order valence-corrected chi connectivity index (χ0v) is 14.4. The number of hydroxylamine groups is 2. The Labute approximate surface area is 149 Å². The predicted octanol–water partition coefficient (Wildman–Crippen LogP) is -4.90. The summed E-state index contributed by atoms with van der Waals surface area (Å²) in [5.41, 5.74) is 0. The minimum Gasteiger partial charge on any atom is -0.394 e. The fourth-order valence-corrected chi connectivity index (χ4v) is 3.04. The molecule has 26 heavy (non-hydrogen) atoms. The molecule has 2 saturated heterocycles. The summed E-state index contributed by atoms with van der Waals surface area (Å²) >= 11 is 0. The summed E-state index contributed by atoms with van der Waals surface area (Å²) < 4.78 is 15.7. The Hall–Kier alpha value is -0.480. The first-order chi connectivity index (χ1) is 12.3. The van der Waals surface area contributed by atoms with Crippen molar-refractivity contribution in [1.82, 2.24) is 5.06 Å². The molecule has 0 radical (unpaired) electrons. The lowest BCUT2D eigenvalue weighted by atomic mass is 9.96. The Balaban J connectivity index is 2.12. The largest absolute Gasteiger partial charge is 0.394 e. The van der Waals surface area contributed by atoms with E-state index in [1.807, 2.05) is 0 Å². The molecule has 154 valence electrons. The second-order valence-corrected chi connectivity index (χ2v) is 6.25. The molecule has 10 atom stereocenters. The molecule has 0 spiro atoms. The number of nitrogens with zero attached hydrogens (tertiary/aromatic N) is 1. The molecule has 0 amide bonds. The van der Waals surface area contributed by atoms with Crippen LogP contribution in [0.4, 0.5) is 0 Å². The maximum atomic E-state index is 10.2. The van der Waals surface area contributed by atoms with Crippen LogP contribution in [0.1, 0.15) is 0 Å². The van der Waals surface area contributed by atoms with Gasteiger partial charge in [0.15, 0.2) is 12.5 Å². The van der Waals surface area contributed by atoms with Crippen LogP contribution in [0.5, 0.6) is 0 Å². The maximum absolute atomic E-state index is 10.2. The predicted molar refractivity (Wildman–Crippen MR) is 81.2 cm³/mol. The van der Waals surface area contributed by atoms with Crippen molar-refractivity contribution >= 4 is 0 Å². The van der Waals surface area contributed by atoms with Gasteiger partial charge in [0.2, 0.25) is 0 Å². The Morgan fingerprint density at radius 3 is 1.88 bits per heavy atom. The Morgan fingerprint density at radius 1 is 0.769 bits per heavy atom. The molecule has 0 aromatic carbocycles. The van der Waals surface area contributed by atoms with E-state index in [0.717, 1.165) is 5.06 Å². The molecule has 2 aliphatic rings. The van der Waals surface area contributed by atoms with Gasteiger partial charge in [0.05, 0.1) is 20.3 Å². The lowest BCUT2D eigenvalue weighted by Crippen LogP contribution is -2.65. The molecule has 0 aromatic rings. The lowest BCUT2D eigenvalue weighted by molar-refractivity contribution is -0.348. The van der Waals surface area contributed by atoms with Crippen molar-refractivity contribution in [1.29, 1.82) is 0 Å². The lowest BCUT2D eigenvalue weighted by Gasteiger charge is -2.46. The molecule has 0 aromatic heterocycles. The van der Waals surface area contributed by atoms with E-state index in [9.17, 15) is 35.7 Å². The van der Waals surface area contributed by atoms with Crippen LogP contribution in [0.15, 0.2) is 0 Å². The van der Waals surface area contributed by atoms with Gasteiger partial charge in [-0.3, -0.25) is 4.84 Å². The molecule has 12 nitrogen and oxygen atoms in total. The summed E-state index contributed by atoms with van der Waals surface area (Å²) in [5, 5.41) is 70.0. The van der Waals surface area contributed by atoms with Gasteiger partial charge in [-0.2, -0.15) is 5.06 Å². The van der Waals surface area contributed by atoms with E-state index >= 15 is 0 Å². The molecule has 0 aliphatic carbocycles. The summed E-state index contributed by atoms with van der Waals surface area (Å²) in [6, 6.07) is 0. The third kappa shape index (κ3) is 4.16. The van der Waals surface area contributed by atoms with Crippen LogP contribution in [0.2, 0.25) is 0 Å². The van der Waals surface area contributed by atoms with Crippen molar-refractivity contribution in [2.24, 2.45) is 0 Å². The highest BCUT2D eigenvalue weighted by molar-refractivity contribution is 4.93. The SMILES string of the molecule is CO[C@H]1O[C@H](CN(OC)C2O[C@H](CO)[C@@H](O)[C@H](O)[C@H]2O)[C@@H](O)[C@H](O)[C@H]1O. The van der Waals surface area contributed by atoms with Gasteiger partial charge in [-0.05, 0) is 0 Å². The average molecular weight is 385 g/mol. The molecule has 2 heterocycles. The van der Waals surface area contributed by atoms with E-state index < -0.39 is 68.0 Å². The van der Waals surface area contributed by atoms with Crippen molar-refractivity contribution in [2.75, 3.05) is 27.4 Å². The molecule has 2 fully saturated rings. The van der Waals surface area contributed by atoms with Gasteiger partial charge >= 0.3 is 0 Å². The first kappa shape index (κ1) is 21.8. The fraction of sp³-hybridized carbons (Fsp3) is 1.00. The van der Waals surface area contributed by atoms with Crippen LogP contribution in [0, 0.1) is 0 Å². The Morgan fingerprint density at radius 2 is 1.35 bits per heavy atom. The van der Waals surface area contributed by atoms with Crippen LogP contribution < -0.4 is 0 Å². The van der Waals surface area contributed by atoms with Crippen LogP contribution in [-0.2, 0) is 19.0 Å². The number of methoxy groups -OCH3 is 1. The van der Waals surface area contributed by atoms with Crippen LogP contribution >= 0.6 is 0 Å². The minimum absolute atomic E-state index is 0.260. The summed E-state index contributed by atoms with van der Waals surface area (Å²) in [7, 11) is 2.48. The molecular weight excluding hydrogens is 358 g/mol. The summed E-state index contributed by atoms with van der Waals surface area (Å²) in [6.45, 7) is -0.873. The number of aliphatic hydroxyl groups excluding tert-OH is 7. The zero-order valence-electron chi connectivity index (χ0n) is 14.4. The maximum Gasteiger partial charge on any atom is 0.186 e. The third-order valence-electron chi connectivity index (χ3n) is 4.65. The van der Waals surface area contributed by atoms with E-state index in [0.29, 0.717) is 0 Å². The highest BCUT2D eigenvalue weighted by atomic mass is 16.7. The van der Waals surface area contributed by atoms with Crippen molar-refractivity contribution in [2.45, 2.75) is 61.3 Å². The molecule has 7 N–H and O–H groups in total. The summed E-state index contributed by atoms with van der Waals surface area (Å²) in [5.74, 6) is 0. The van der Waals surface area contributed by atoms with Gasteiger partial charge in [0, 0.05) is 7.11 Å². The quantitative estimate of drug-likeness (QED) is 0.217.